The zero-order valence-electron chi connectivity index (χ0n) is 16.8. The van der Waals surface area contributed by atoms with Gasteiger partial charge in [0.05, 0.1) is 41.5 Å². The lowest BCUT2D eigenvalue weighted by atomic mass is 9.90. The molecule has 0 bridgehead atoms. The number of ether oxygens (including phenoxy) is 1. The van der Waals surface area contributed by atoms with Crippen molar-refractivity contribution in [2.75, 3.05) is 25.0 Å². The summed E-state index contributed by atoms with van der Waals surface area (Å²) in [5.41, 5.74) is 0.588. The minimum Gasteiger partial charge on any atom is -0.444 e. The van der Waals surface area contributed by atoms with E-state index < -0.39 is 11.1 Å². The Hall–Kier alpha value is -3.14. The number of likely N-dealkylation sites (tertiary alicyclic amines) is 1. The molecular weight excluding hydrogens is 406 g/mol. The first-order chi connectivity index (χ1) is 14.1. The number of fused-ring (bicyclic) bond motifs is 5. The Labute approximate surface area is 175 Å². The molecule has 10 heteroatoms. The quantitative estimate of drug-likeness (QED) is 0.507. The van der Waals surface area contributed by atoms with E-state index in [4.69, 9.17) is 4.74 Å². The summed E-state index contributed by atoms with van der Waals surface area (Å²) in [7, 11) is 0. The maximum Gasteiger partial charge on any atom is 0.410 e. The van der Waals surface area contributed by atoms with Crippen LogP contribution in [0.25, 0.3) is 21.1 Å². The Morgan fingerprint density at radius 3 is 2.77 bits per heavy atom. The molecule has 3 aromatic rings. The van der Waals surface area contributed by atoms with Crippen LogP contribution in [0.5, 0.6) is 0 Å². The molecule has 156 valence electrons. The van der Waals surface area contributed by atoms with Gasteiger partial charge in [0, 0.05) is 16.6 Å². The number of benzene rings is 1. The van der Waals surface area contributed by atoms with E-state index in [1.807, 2.05) is 26.8 Å². The smallest absolute Gasteiger partial charge is 0.410 e. The summed E-state index contributed by atoms with van der Waals surface area (Å²) >= 11 is 1.38. The van der Waals surface area contributed by atoms with E-state index in [1.165, 1.54) is 17.5 Å². The summed E-state index contributed by atoms with van der Waals surface area (Å²) in [6, 6.07) is 3.68. The number of amides is 2. The number of carbonyl (C=O) groups is 2. The number of rotatable bonds is 0. The summed E-state index contributed by atoms with van der Waals surface area (Å²) in [4.78, 5) is 46.2. The molecule has 2 aliphatic rings. The first kappa shape index (κ1) is 18.9. The fourth-order valence-electron chi connectivity index (χ4n) is 3.96. The Morgan fingerprint density at radius 1 is 1.27 bits per heavy atom. The van der Waals surface area contributed by atoms with Gasteiger partial charge in [-0.3, -0.25) is 9.59 Å². The Morgan fingerprint density at radius 2 is 2.03 bits per heavy atom. The third kappa shape index (κ3) is 2.98. The van der Waals surface area contributed by atoms with Crippen LogP contribution in [0, 0.1) is 0 Å². The lowest BCUT2D eigenvalue weighted by molar-refractivity contribution is -0.0123. The van der Waals surface area contributed by atoms with E-state index in [0.717, 1.165) is 10.1 Å². The zero-order chi connectivity index (χ0) is 21.3. The van der Waals surface area contributed by atoms with Gasteiger partial charge in [-0.05, 0) is 32.9 Å². The van der Waals surface area contributed by atoms with E-state index in [-0.39, 0.29) is 17.6 Å². The van der Waals surface area contributed by atoms with Gasteiger partial charge in [0.15, 0.2) is 0 Å². The number of nitrogens with one attached hydrogen (secondary N) is 3. The highest BCUT2D eigenvalue weighted by molar-refractivity contribution is 7.21. The molecule has 0 atom stereocenters. The highest BCUT2D eigenvalue weighted by atomic mass is 32.1. The van der Waals surface area contributed by atoms with Gasteiger partial charge in [-0.15, -0.1) is 11.3 Å². The number of nitrogens with zero attached hydrogens (tertiary/aromatic N) is 2. The van der Waals surface area contributed by atoms with E-state index in [9.17, 15) is 14.4 Å². The molecule has 2 amide bonds. The van der Waals surface area contributed by atoms with Crippen molar-refractivity contribution in [3.05, 3.63) is 33.6 Å². The highest BCUT2D eigenvalue weighted by Gasteiger charge is 2.49. The summed E-state index contributed by atoms with van der Waals surface area (Å²) in [5, 5.41) is 7.32. The SMILES string of the molecule is CC(C)(C)OC(=O)N1CC2(CNc3c(sc4ccc5[nH]c(=O)cnc5c34)C(=O)N2)C1. The lowest BCUT2D eigenvalue weighted by Crippen LogP contribution is -2.73. The minimum absolute atomic E-state index is 0.183. The normalized spacial score (nSPS) is 17.8. The number of aromatic amines is 1. The van der Waals surface area contributed by atoms with Crippen molar-refractivity contribution in [1.29, 1.82) is 0 Å². The van der Waals surface area contributed by atoms with Crippen LogP contribution in [-0.4, -0.2) is 57.6 Å². The molecule has 1 fully saturated rings. The van der Waals surface area contributed by atoms with Gasteiger partial charge in [0.25, 0.3) is 11.5 Å². The van der Waals surface area contributed by atoms with E-state index in [0.29, 0.717) is 41.2 Å². The molecule has 2 aromatic heterocycles. The number of hydrogen-bond donors (Lipinski definition) is 3. The molecule has 1 aromatic carbocycles. The van der Waals surface area contributed by atoms with Crippen LogP contribution in [-0.2, 0) is 4.74 Å². The number of H-pyrrole nitrogens is 1. The molecular formula is C20H21N5O4S. The number of hydrogen-bond acceptors (Lipinski definition) is 7. The average molecular weight is 427 g/mol. The third-order valence-electron chi connectivity index (χ3n) is 5.22. The molecule has 2 aliphatic heterocycles. The fraction of sp³-hybridized carbons (Fsp3) is 0.400. The zero-order valence-corrected chi connectivity index (χ0v) is 17.6. The summed E-state index contributed by atoms with van der Waals surface area (Å²) in [6.07, 6.45) is 0.861. The molecule has 0 aliphatic carbocycles. The van der Waals surface area contributed by atoms with Crippen molar-refractivity contribution in [3.8, 4) is 0 Å². The van der Waals surface area contributed by atoms with Crippen molar-refractivity contribution in [2.45, 2.75) is 31.9 Å². The van der Waals surface area contributed by atoms with Crippen LogP contribution in [0.2, 0.25) is 0 Å². The van der Waals surface area contributed by atoms with Crippen LogP contribution in [0.3, 0.4) is 0 Å². The fourth-order valence-corrected chi connectivity index (χ4v) is 5.03. The van der Waals surface area contributed by atoms with Gasteiger partial charge in [-0.1, -0.05) is 0 Å². The Kier molecular flexibility index (Phi) is 3.88. The van der Waals surface area contributed by atoms with E-state index >= 15 is 0 Å². The maximum absolute atomic E-state index is 13.0. The van der Waals surface area contributed by atoms with Gasteiger partial charge >= 0.3 is 6.09 Å². The standard InChI is InChI=1S/C20H21N5O4S/c1-19(2,3)29-18(28)25-8-20(9-25)7-22-15-13-11(30-16(15)17(27)24-20)5-4-10-14(13)21-6-12(26)23-10/h4-6,22H,7-9H2,1-3H3,(H,23,26)(H,24,27). The molecule has 3 N–H and O–H groups in total. The maximum atomic E-state index is 13.0. The van der Waals surface area contributed by atoms with Crippen LogP contribution < -0.4 is 16.2 Å². The van der Waals surface area contributed by atoms with Gasteiger partial charge in [-0.2, -0.15) is 0 Å². The van der Waals surface area contributed by atoms with Crippen molar-refractivity contribution >= 4 is 50.1 Å². The second-order valence-electron chi connectivity index (χ2n) is 8.81. The second kappa shape index (κ2) is 6.18. The predicted octanol–water partition coefficient (Wildman–Crippen LogP) is 2.28. The van der Waals surface area contributed by atoms with Crippen LogP contribution in [0.4, 0.5) is 10.5 Å². The first-order valence-corrected chi connectivity index (χ1v) is 10.4. The minimum atomic E-state index is -0.567. The van der Waals surface area contributed by atoms with Crippen LogP contribution >= 0.6 is 11.3 Å². The highest BCUT2D eigenvalue weighted by Crippen LogP contribution is 2.41. The number of thiophene rings is 1. The molecule has 9 nitrogen and oxygen atoms in total. The Balaban J connectivity index is 1.45. The van der Waals surface area contributed by atoms with Gasteiger partial charge in [0.2, 0.25) is 0 Å². The average Bonchev–Trinajstić information content (AvgIpc) is 2.93. The monoisotopic (exact) mass is 427 g/mol. The van der Waals surface area contributed by atoms with E-state index in [2.05, 4.69) is 20.6 Å². The Bertz CT molecular complexity index is 1270. The number of anilines is 1. The van der Waals surface area contributed by atoms with Gasteiger partial charge in [0.1, 0.15) is 10.5 Å². The molecule has 5 rings (SSSR count). The summed E-state index contributed by atoms with van der Waals surface area (Å²) in [5.74, 6) is -0.183. The van der Waals surface area contributed by atoms with Crippen LogP contribution in [0.1, 0.15) is 30.4 Å². The van der Waals surface area contributed by atoms with Crippen molar-refractivity contribution in [3.63, 3.8) is 0 Å². The molecule has 0 unspecified atom stereocenters. The first-order valence-electron chi connectivity index (χ1n) is 9.63. The largest absolute Gasteiger partial charge is 0.444 e. The molecule has 4 heterocycles. The van der Waals surface area contributed by atoms with Crippen molar-refractivity contribution in [1.82, 2.24) is 20.2 Å². The van der Waals surface area contributed by atoms with Crippen molar-refractivity contribution in [2.24, 2.45) is 0 Å². The van der Waals surface area contributed by atoms with Gasteiger partial charge in [-0.25, -0.2) is 9.78 Å². The van der Waals surface area contributed by atoms with Gasteiger partial charge < -0.3 is 25.3 Å². The summed E-state index contributed by atoms with van der Waals surface area (Å²) in [6.45, 7) is 6.69. The summed E-state index contributed by atoms with van der Waals surface area (Å²) < 4.78 is 6.33. The molecule has 1 saturated heterocycles. The molecule has 0 saturated carbocycles. The van der Waals surface area contributed by atoms with Crippen LogP contribution in [0.15, 0.2) is 23.1 Å². The van der Waals surface area contributed by atoms with E-state index in [1.54, 1.807) is 11.0 Å². The molecule has 1 spiro atoms. The lowest BCUT2D eigenvalue weighted by Gasteiger charge is -2.49. The van der Waals surface area contributed by atoms with Crippen molar-refractivity contribution < 1.29 is 14.3 Å². The number of carbonyl (C=O) groups excluding carboxylic acids is 2. The predicted molar refractivity (Wildman–Crippen MR) is 114 cm³/mol. The topological polar surface area (TPSA) is 116 Å². The second-order valence-corrected chi connectivity index (χ2v) is 9.87. The third-order valence-corrected chi connectivity index (χ3v) is 6.38. The molecule has 0 radical (unpaired) electrons. The molecule has 30 heavy (non-hydrogen) atoms. The number of aromatic nitrogens is 2.